The molecule has 0 spiro atoms. The number of likely N-dealkylation sites (tertiary alicyclic amines) is 2. The minimum absolute atomic E-state index is 0.0266. The Kier molecular flexibility index (Phi) is 5.79. The molecule has 0 radical (unpaired) electrons. The average Bonchev–Trinajstić information content (AvgIpc) is 3.33. The molecule has 0 aliphatic carbocycles. The zero-order valence-electron chi connectivity index (χ0n) is 15.6. The summed E-state index contributed by atoms with van der Waals surface area (Å²) in [6, 6.07) is 7.72. The highest BCUT2D eigenvalue weighted by Gasteiger charge is 2.34. The van der Waals surface area contributed by atoms with E-state index >= 15 is 0 Å². The Morgan fingerprint density at radius 3 is 2.67 bits per heavy atom. The minimum atomic E-state index is -0.0266. The van der Waals surface area contributed by atoms with Crippen LogP contribution in [0.15, 0.2) is 34.9 Å². The summed E-state index contributed by atoms with van der Waals surface area (Å²) in [5.41, 5.74) is 1.13. The largest absolute Gasteiger partial charge is 0.443 e. The fourth-order valence-corrected chi connectivity index (χ4v) is 4.21. The van der Waals surface area contributed by atoms with E-state index in [1.807, 2.05) is 29.2 Å². The second-order valence-corrected chi connectivity index (χ2v) is 7.99. The van der Waals surface area contributed by atoms with Gasteiger partial charge in [-0.05, 0) is 56.5 Å². The summed E-state index contributed by atoms with van der Waals surface area (Å²) in [5, 5.41) is 0.728. The monoisotopic (exact) mass is 387 g/mol. The van der Waals surface area contributed by atoms with Gasteiger partial charge in [-0.2, -0.15) is 0 Å². The van der Waals surface area contributed by atoms with Crippen LogP contribution in [-0.2, 0) is 11.2 Å². The zero-order chi connectivity index (χ0) is 18.6. The molecule has 2 aromatic rings. The van der Waals surface area contributed by atoms with Gasteiger partial charge in [0.1, 0.15) is 11.8 Å². The van der Waals surface area contributed by atoms with Crippen LogP contribution in [0.5, 0.6) is 0 Å². The van der Waals surface area contributed by atoms with E-state index < -0.39 is 0 Å². The van der Waals surface area contributed by atoms with Crippen LogP contribution in [0.3, 0.4) is 0 Å². The molecule has 2 fully saturated rings. The number of aromatic nitrogens is 1. The molecule has 144 valence electrons. The van der Waals surface area contributed by atoms with E-state index in [0.717, 1.165) is 48.8 Å². The molecule has 0 N–H and O–H groups in total. The summed E-state index contributed by atoms with van der Waals surface area (Å²) in [6.45, 7) is 3.39. The summed E-state index contributed by atoms with van der Waals surface area (Å²) < 4.78 is 6.02. The Balaban J connectivity index is 1.40. The molecule has 1 unspecified atom stereocenters. The van der Waals surface area contributed by atoms with Gasteiger partial charge in [-0.15, -0.1) is 0 Å². The Morgan fingerprint density at radius 1 is 1.11 bits per heavy atom. The van der Waals surface area contributed by atoms with Gasteiger partial charge >= 0.3 is 0 Å². The summed E-state index contributed by atoms with van der Waals surface area (Å²) >= 11 is 5.94. The van der Waals surface area contributed by atoms with Crippen LogP contribution in [0, 0.1) is 0 Å². The van der Waals surface area contributed by atoms with Gasteiger partial charge in [0.2, 0.25) is 11.8 Å². The fraction of sp³-hybridized carbons (Fsp3) is 0.524. The summed E-state index contributed by atoms with van der Waals surface area (Å²) in [7, 11) is 0. The highest BCUT2D eigenvalue weighted by atomic mass is 35.5. The quantitative estimate of drug-likeness (QED) is 0.776. The van der Waals surface area contributed by atoms with Gasteiger partial charge in [-0.25, -0.2) is 4.98 Å². The first kappa shape index (κ1) is 18.5. The van der Waals surface area contributed by atoms with Crippen molar-refractivity contribution in [2.45, 2.75) is 44.6 Å². The Hall–Kier alpha value is -1.85. The number of carbonyl (C=O) groups excluding carboxylic acids is 1. The third-order valence-electron chi connectivity index (χ3n) is 5.53. The summed E-state index contributed by atoms with van der Waals surface area (Å²) in [4.78, 5) is 21.6. The van der Waals surface area contributed by atoms with Crippen LogP contribution in [0.1, 0.15) is 55.4 Å². The van der Waals surface area contributed by atoms with Crippen LogP contribution in [0.4, 0.5) is 0 Å². The lowest BCUT2D eigenvalue weighted by molar-refractivity contribution is -0.134. The lowest BCUT2D eigenvalue weighted by Gasteiger charge is -2.29. The van der Waals surface area contributed by atoms with Crippen LogP contribution >= 0.6 is 11.6 Å². The number of hydrogen-bond donors (Lipinski definition) is 0. The predicted molar refractivity (Wildman–Crippen MR) is 105 cm³/mol. The van der Waals surface area contributed by atoms with E-state index in [-0.39, 0.29) is 11.9 Å². The van der Waals surface area contributed by atoms with Crippen molar-refractivity contribution >= 4 is 17.5 Å². The molecular formula is C21H26ClN3O2. The van der Waals surface area contributed by atoms with Gasteiger partial charge in [0.05, 0.1) is 12.7 Å². The van der Waals surface area contributed by atoms with E-state index in [1.165, 1.54) is 19.3 Å². The number of piperidine rings is 1. The minimum Gasteiger partial charge on any atom is -0.443 e. The molecule has 3 heterocycles. The lowest BCUT2D eigenvalue weighted by Crippen LogP contribution is -2.42. The topological polar surface area (TPSA) is 49.6 Å². The zero-order valence-corrected chi connectivity index (χ0v) is 16.3. The van der Waals surface area contributed by atoms with Crippen molar-refractivity contribution in [1.29, 1.82) is 0 Å². The van der Waals surface area contributed by atoms with E-state index in [2.05, 4.69) is 9.88 Å². The highest BCUT2D eigenvalue weighted by molar-refractivity contribution is 6.30. The van der Waals surface area contributed by atoms with Crippen LogP contribution in [0.25, 0.3) is 0 Å². The number of hydrogen-bond acceptors (Lipinski definition) is 4. The van der Waals surface area contributed by atoms with Crippen molar-refractivity contribution < 1.29 is 9.21 Å². The molecule has 0 saturated carbocycles. The number of benzene rings is 1. The molecule has 1 atom stereocenters. The molecular weight excluding hydrogens is 362 g/mol. The van der Waals surface area contributed by atoms with Gasteiger partial charge in [-0.1, -0.05) is 30.2 Å². The second kappa shape index (κ2) is 8.44. The number of oxazole rings is 1. The molecule has 1 amide bonds. The maximum atomic E-state index is 12.8. The third kappa shape index (κ3) is 4.53. The van der Waals surface area contributed by atoms with Crippen molar-refractivity contribution in [2.24, 2.45) is 0 Å². The van der Waals surface area contributed by atoms with Crippen LogP contribution in [0.2, 0.25) is 5.02 Å². The van der Waals surface area contributed by atoms with E-state index in [4.69, 9.17) is 16.0 Å². The molecule has 4 rings (SSSR count). The van der Waals surface area contributed by atoms with E-state index in [1.54, 1.807) is 6.20 Å². The Labute approximate surface area is 165 Å². The highest BCUT2D eigenvalue weighted by Crippen LogP contribution is 2.32. The number of rotatable bonds is 5. The van der Waals surface area contributed by atoms with Crippen molar-refractivity contribution in [3.63, 3.8) is 0 Å². The second-order valence-electron chi connectivity index (χ2n) is 7.55. The third-order valence-corrected chi connectivity index (χ3v) is 5.78. The Morgan fingerprint density at radius 2 is 1.89 bits per heavy atom. The number of amides is 1. The van der Waals surface area contributed by atoms with Crippen molar-refractivity contribution in [3.05, 3.63) is 52.7 Å². The van der Waals surface area contributed by atoms with Crippen molar-refractivity contribution in [3.8, 4) is 0 Å². The molecule has 1 aromatic heterocycles. The fourth-order valence-electron chi connectivity index (χ4n) is 4.08. The van der Waals surface area contributed by atoms with Crippen molar-refractivity contribution in [1.82, 2.24) is 14.8 Å². The van der Waals surface area contributed by atoms with E-state index in [9.17, 15) is 4.79 Å². The molecule has 1 aromatic carbocycles. The smallest absolute Gasteiger partial charge is 0.237 e. The standard InChI is InChI=1S/C21H26ClN3O2/c22-17-8-6-16(7-9-17)13-18-14-23-21(27-18)19-5-4-12-25(19)20(26)15-24-10-2-1-3-11-24/h6-9,14,19H,1-5,10-13,15H2. The van der Waals surface area contributed by atoms with Gasteiger partial charge in [0.15, 0.2) is 0 Å². The molecule has 27 heavy (non-hydrogen) atoms. The molecule has 5 nitrogen and oxygen atoms in total. The van der Waals surface area contributed by atoms with Crippen LogP contribution in [-0.4, -0.2) is 46.9 Å². The maximum absolute atomic E-state index is 12.8. The normalized spacial score (nSPS) is 20.9. The maximum Gasteiger partial charge on any atom is 0.237 e. The molecule has 0 bridgehead atoms. The average molecular weight is 388 g/mol. The van der Waals surface area contributed by atoms with Gasteiger partial charge in [0, 0.05) is 18.0 Å². The Bertz CT molecular complexity index is 768. The van der Waals surface area contributed by atoms with Gasteiger partial charge in [0.25, 0.3) is 0 Å². The first-order valence-corrected chi connectivity index (χ1v) is 10.3. The van der Waals surface area contributed by atoms with Gasteiger partial charge in [-0.3, -0.25) is 9.69 Å². The number of nitrogens with zero attached hydrogens (tertiary/aromatic N) is 3. The van der Waals surface area contributed by atoms with Gasteiger partial charge < -0.3 is 9.32 Å². The summed E-state index contributed by atoms with van der Waals surface area (Å²) in [5.74, 6) is 1.70. The SMILES string of the molecule is O=C(CN1CCCCC1)N1CCCC1c1ncc(Cc2ccc(Cl)cc2)o1. The summed E-state index contributed by atoms with van der Waals surface area (Å²) in [6.07, 6.45) is 8.07. The van der Waals surface area contributed by atoms with E-state index in [0.29, 0.717) is 18.9 Å². The molecule has 2 aliphatic heterocycles. The molecule has 2 saturated heterocycles. The number of carbonyl (C=O) groups is 1. The predicted octanol–water partition coefficient (Wildman–Crippen LogP) is 4.07. The van der Waals surface area contributed by atoms with Crippen LogP contribution < -0.4 is 0 Å². The lowest BCUT2D eigenvalue weighted by atomic mass is 10.1. The first-order chi connectivity index (χ1) is 13.2. The van der Waals surface area contributed by atoms with Crippen molar-refractivity contribution in [2.75, 3.05) is 26.2 Å². The number of halogens is 1. The first-order valence-electron chi connectivity index (χ1n) is 9.90. The molecule has 6 heteroatoms. The molecule has 2 aliphatic rings.